The molecule has 0 unspecified atom stereocenters. The lowest BCUT2D eigenvalue weighted by atomic mass is 9.95. The van der Waals surface area contributed by atoms with Gasteiger partial charge in [-0.25, -0.2) is 9.78 Å². The fourth-order valence-electron chi connectivity index (χ4n) is 1.43. The van der Waals surface area contributed by atoms with E-state index in [9.17, 15) is 4.79 Å². The van der Waals surface area contributed by atoms with E-state index in [-0.39, 0.29) is 5.82 Å². The molecule has 0 aliphatic rings. The van der Waals surface area contributed by atoms with Gasteiger partial charge in [-0.05, 0) is 12.5 Å². The van der Waals surface area contributed by atoms with E-state index in [4.69, 9.17) is 12.6 Å². The van der Waals surface area contributed by atoms with Gasteiger partial charge in [0.15, 0.2) is 0 Å². The summed E-state index contributed by atoms with van der Waals surface area (Å²) < 4.78 is 4.84. The number of hydrogen-bond donors (Lipinski definition) is 1. The first-order valence-electron chi connectivity index (χ1n) is 5.28. The van der Waals surface area contributed by atoms with Crippen molar-refractivity contribution in [2.45, 2.75) is 6.92 Å². The number of aromatic amines is 1. The molecule has 0 saturated heterocycles. The largest absolute Gasteiger partial charge is 0.460 e. The second kappa shape index (κ2) is 4.87. The Balaban J connectivity index is 2.23. The van der Waals surface area contributed by atoms with E-state index < -0.39 is 5.97 Å². The second-order valence-electron chi connectivity index (χ2n) is 3.49. The molecule has 2 aromatic rings. The number of benzene rings is 1. The van der Waals surface area contributed by atoms with Gasteiger partial charge in [0.2, 0.25) is 5.82 Å². The molecular weight excluding hydrogens is 215 g/mol. The number of nitrogens with one attached hydrogen (secondary N) is 1. The van der Waals surface area contributed by atoms with Crippen molar-refractivity contribution in [3.05, 3.63) is 36.3 Å². The van der Waals surface area contributed by atoms with Crippen molar-refractivity contribution in [1.82, 2.24) is 9.97 Å². The monoisotopic (exact) mass is 226 g/mol. The van der Waals surface area contributed by atoms with Crippen LogP contribution in [0, 0.1) is 0 Å². The van der Waals surface area contributed by atoms with Crippen molar-refractivity contribution in [3.63, 3.8) is 0 Å². The van der Waals surface area contributed by atoms with Crippen molar-refractivity contribution in [3.8, 4) is 11.3 Å². The van der Waals surface area contributed by atoms with Crippen LogP contribution in [0.1, 0.15) is 17.5 Å². The fraction of sp³-hybridized carbons (Fsp3) is 0.167. The molecule has 2 radical (unpaired) electrons. The molecule has 0 amide bonds. The predicted octanol–water partition coefficient (Wildman–Crippen LogP) is 1.05. The summed E-state index contributed by atoms with van der Waals surface area (Å²) in [5.74, 6) is -0.243. The third-order valence-corrected chi connectivity index (χ3v) is 2.27. The van der Waals surface area contributed by atoms with Crippen LogP contribution < -0.4 is 5.46 Å². The van der Waals surface area contributed by atoms with E-state index in [2.05, 4.69) is 9.97 Å². The Hall–Kier alpha value is -2.04. The minimum Gasteiger partial charge on any atom is -0.460 e. The average molecular weight is 226 g/mol. The van der Waals surface area contributed by atoms with Crippen LogP contribution >= 0.6 is 0 Å². The standard InChI is InChI=1S/C12H11BN2O2/c1-2-17-12(16)11-14-7-10(15-11)8-3-5-9(13)6-4-8/h3-7H,2H2,1H3,(H,14,15). The lowest BCUT2D eigenvalue weighted by Crippen LogP contribution is -2.06. The number of esters is 1. The Bertz CT molecular complexity index is 520. The zero-order chi connectivity index (χ0) is 12.3. The summed E-state index contributed by atoms with van der Waals surface area (Å²) in [6.07, 6.45) is 1.60. The zero-order valence-corrected chi connectivity index (χ0v) is 9.43. The van der Waals surface area contributed by atoms with Crippen LogP contribution in [0.5, 0.6) is 0 Å². The molecule has 84 valence electrons. The Morgan fingerprint density at radius 3 is 2.76 bits per heavy atom. The molecule has 0 fully saturated rings. The summed E-state index contributed by atoms with van der Waals surface area (Å²) in [5.41, 5.74) is 2.37. The highest BCUT2D eigenvalue weighted by Crippen LogP contribution is 2.15. The molecule has 4 nitrogen and oxygen atoms in total. The van der Waals surface area contributed by atoms with E-state index >= 15 is 0 Å². The summed E-state index contributed by atoms with van der Waals surface area (Å²) in [5, 5.41) is 0. The fourth-order valence-corrected chi connectivity index (χ4v) is 1.43. The highest BCUT2D eigenvalue weighted by Gasteiger charge is 2.11. The minimum atomic E-state index is -0.450. The molecule has 17 heavy (non-hydrogen) atoms. The van der Waals surface area contributed by atoms with Gasteiger partial charge in [0, 0.05) is 0 Å². The van der Waals surface area contributed by atoms with E-state index in [1.165, 1.54) is 0 Å². The van der Waals surface area contributed by atoms with Gasteiger partial charge in [-0.2, -0.15) is 0 Å². The first-order valence-corrected chi connectivity index (χ1v) is 5.28. The maximum Gasteiger partial charge on any atom is 0.374 e. The van der Waals surface area contributed by atoms with E-state index in [0.717, 1.165) is 11.3 Å². The van der Waals surface area contributed by atoms with Gasteiger partial charge >= 0.3 is 5.97 Å². The quantitative estimate of drug-likeness (QED) is 0.628. The highest BCUT2D eigenvalue weighted by molar-refractivity contribution is 6.32. The summed E-state index contributed by atoms with van der Waals surface area (Å²) in [4.78, 5) is 18.3. The third kappa shape index (κ3) is 2.56. The first-order chi connectivity index (χ1) is 8.20. The van der Waals surface area contributed by atoms with Gasteiger partial charge in [-0.15, -0.1) is 0 Å². The molecule has 5 heteroatoms. The minimum absolute atomic E-state index is 0.207. The lowest BCUT2D eigenvalue weighted by Gasteiger charge is -1.99. The molecule has 0 atom stereocenters. The van der Waals surface area contributed by atoms with Crippen LogP contribution in [-0.2, 0) is 4.74 Å². The Morgan fingerprint density at radius 1 is 1.41 bits per heavy atom. The van der Waals surface area contributed by atoms with Gasteiger partial charge in [-0.1, -0.05) is 29.7 Å². The van der Waals surface area contributed by atoms with E-state index in [1.807, 2.05) is 12.1 Å². The molecule has 1 heterocycles. The van der Waals surface area contributed by atoms with Crippen LogP contribution in [0.4, 0.5) is 0 Å². The zero-order valence-electron chi connectivity index (χ0n) is 9.43. The van der Waals surface area contributed by atoms with Crippen LogP contribution in [0.25, 0.3) is 11.3 Å². The highest BCUT2D eigenvalue weighted by atomic mass is 16.5. The maximum absolute atomic E-state index is 11.4. The number of nitrogens with zero attached hydrogens (tertiary/aromatic N) is 1. The molecule has 0 aliphatic carbocycles. The number of carbonyl (C=O) groups is 1. The van der Waals surface area contributed by atoms with Crippen molar-refractivity contribution in [1.29, 1.82) is 0 Å². The summed E-state index contributed by atoms with van der Waals surface area (Å²) in [6, 6.07) is 7.30. The molecule has 0 spiro atoms. The molecule has 1 aromatic carbocycles. The van der Waals surface area contributed by atoms with Gasteiger partial charge in [0.25, 0.3) is 0 Å². The van der Waals surface area contributed by atoms with Gasteiger partial charge in [-0.3, -0.25) is 0 Å². The van der Waals surface area contributed by atoms with Crippen molar-refractivity contribution < 1.29 is 9.53 Å². The maximum atomic E-state index is 11.4. The molecule has 1 aromatic heterocycles. The average Bonchev–Trinajstić information content (AvgIpc) is 2.80. The van der Waals surface area contributed by atoms with Gasteiger partial charge in [0.1, 0.15) is 7.85 Å². The predicted molar refractivity (Wildman–Crippen MR) is 65.4 cm³/mol. The molecule has 2 rings (SSSR count). The molecule has 1 N–H and O–H groups in total. The summed E-state index contributed by atoms with van der Waals surface area (Å²) >= 11 is 0. The topological polar surface area (TPSA) is 55.0 Å². The Kier molecular flexibility index (Phi) is 3.28. The normalized spacial score (nSPS) is 10.2. The Morgan fingerprint density at radius 2 is 2.12 bits per heavy atom. The molecule has 0 aliphatic heterocycles. The number of rotatable bonds is 3. The third-order valence-electron chi connectivity index (χ3n) is 2.27. The smallest absolute Gasteiger partial charge is 0.374 e. The van der Waals surface area contributed by atoms with Gasteiger partial charge in [0.05, 0.1) is 18.5 Å². The molecule has 0 bridgehead atoms. The summed E-state index contributed by atoms with van der Waals surface area (Å²) in [6.45, 7) is 2.08. The number of carbonyl (C=O) groups excluding carboxylic acids is 1. The van der Waals surface area contributed by atoms with Crippen LogP contribution in [-0.4, -0.2) is 30.4 Å². The summed E-state index contributed by atoms with van der Waals surface area (Å²) in [7, 11) is 5.60. The number of imidazole rings is 1. The van der Waals surface area contributed by atoms with Crippen LogP contribution in [0.3, 0.4) is 0 Å². The SMILES string of the molecule is [B]c1ccc(-c2cnc(C(=O)OCC)[nH]2)cc1. The Labute approximate surface area is 100 Å². The molecular formula is C12H11BN2O2. The van der Waals surface area contributed by atoms with Crippen LogP contribution in [0.2, 0.25) is 0 Å². The lowest BCUT2D eigenvalue weighted by molar-refractivity contribution is 0.0513. The molecule has 0 saturated carbocycles. The number of H-pyrrole nitrogens is 1. The van der Waals surface area contributed by atoms with Crippen molar-refractivity contribution in [2.24, 2.45) is 0 Å². The van der Waals surface area contributed by atoms with E-state index in [1.54, 1.807) is 25.3 Å². The second-order valence-corrected chi connectivity index (χ2v) is 3.49. The van der Waals surface area contributed by atoms with Crippen molar-refractivity contribution in [2.75, 3.05) is 6.61 Å². The first kappa shape index (κ1) is 11.5. The van der Waals surface area contributed by atoms with Gasteiger partial charge < -0.3 is 9.72 Å². The van der Waals surface area contributed by atoms with Crippen molar-refractivity contribution >= 4 is 19.3 Å². The van der Waals surface area contributed by atoms with Crippen LogP contribution in [0.15, 0.2) is 30.5 Å². The number of ether oxygens (including phenoxy) is 1. The number of aromatic nitrogens is 2. The number of hydrogen-bond acceptors (Lipinski definition) is 3. The van der Waals surface area contributed by atoms with E-state index in [0.29, 0.717) is 12.1 Å².